The number of aromatic nitrogens is 4. The number of benzene rings is 1. The van der Waals surface area contributed by atoms with Crippen LogP contribution in [0.4, 0.5) is 0 Å². The first-order valence-electron chi connectivity index (χ1n) is 5.63. The summed E-state index contributed by atoms with van der Waals surface area (Å²) in [5.41, 5.74) is 2.55. The molecular formula is C13H14N4. The standard InChI is InChI=1S/C13H14N4/c1-10-4-3-5-12-11(10)6-7-17(12)8-13-15-14-9-16(13)2/h3-7,9H,8H2,1-2H3. The third-order valence-electron chi connectivity index (χ3n) is 3.15. The van der Waals surface area contributed by atoms with Gasteiger partial charge in [0, 0.05) is 24.1 Å². The van der Waals surface area contributed by atoms with E-state index in [1.54, 1.807) is 6.33 Å². The zero-order valence-corrected chi connectivity index (χ0v) is 9.96. The lowest BCUT2D eigenvalue weighted by atomic mass is 10.1. The van der Waals surface area contributed by atoms with Crippen LogP contribution in [0.1, 0.15) is 11.4 Å². The maximum Gasteiger partial charge on any atom is 0.152 e. The highest BCUT2D eigenvalue weighted by Crippen LogP contribution is 2.20. The largest absolute Gasteiger partial charge is 0.340 e. The van der Waals surface area contributed by atoms with Gasteiger partial charge in [-0.2, -0.15) is 0 Å². The molecule has 0 saturated carbocycles. The third kappa shape index (κ3) is 1.62. The van der Waals surface area contributed by atoms with E-state index in [1.807, 2.05) is 11.6 Å². The Balaban J connectivity index is 2.07. The zero-order chi connectivity index (χ0) is 11.8. The molecule has 0 unspecified atom stereocenters. The number of fused-ring (bicyclic) bond motifs is 1. The van der Waals surface area contributed by atoms with E-state index in [0.717, 1.165) is 12.4 Å². The predicted molar refractivity (Wildman–Crippen MR) is 66.8 cm³/mol. The third-order valence-corrected chi connectivity index (χ3v) is 3.15. The summed E-state index contributed by atoms with van der Waals surface area (Å²) < 4.78 is 4.15. The fourth-order valence-electron chi connectivity index (χ4n) is 2.12. The molecule has 0 aliphatic heterocycles. The Bertz CT molecular complexity index is 663. The van der Waals surface area contributed by atoms with E-state index in [9.17, 15) is 0 Å². The minimum Gasteiger partial charge on any atom is -0.340 e. The van der Waals surface area contributed by atoms with Crippen LogP contribution in [0.3, 0.4) is 0 Å². The Labute approximate surface area is 99.5 Å². The molecule has 0 fully saturated rings. The van der Waals surface area contributed by atoms with Gasteiger partial charge in [0.25, 0.3) is 0 Å². The molecule has 4 nitrogen and oxygen atoms in total. The molecule has 0 amide bonds. The molecule has 0 saturated heterocycles. The average Bonchev–Trinajstić information content (AvgIpc) is 2.89. The molecule has 0 radical (unpaired) electrons. The fourth-order valence-corrected chi connectivity index (χ4v) is 2.12. The smallest absolute Gasteiger partial charge is 0.152 e. The molecule has 0 N–H and O–H groups in total. The number of hydrogen-bond acceptors (Lipinski definition) is 2. The maximum absolute atomic E-state index is 4.11. The van der Waals surface area contributed by atoms with Crippen molar-refractivity contribution in [3.63, 3.8) is 0 Å². The molecule has 0 spiro atoms. The van der Waals surface area contributed by atoms with Crippen LogP contribution in [0, 0.1) is 6.92 Å². The van der Waals surface area contributed by atoms with Crippen LogP contribution in [-0.2, 0) is 13.6 Å². The lowest BCUT2D eigenvalue weighted by Crippen LogP contribution is -2.04. The summed E-state index contributed by atoms with van der Waals surface area (Å²) in [6.45, 7) is 2.89. The monoisotopic (exact) mass is 226 g/mol. The Morgan fingerprint density at radius 3 is 2.88 bits per heavy atom. The summed E-state index contributed by atoms with van der Waals surface area (Å²) in [7, 11) is 1.96. The van der Waals surface area contributed by atoms with E-state index in [0.29, 0.717) is 0 Å². The minimum absolute atomic E-state index is 0.753. The number of rotatable bonds is 2. The summed E-state index contributed by atoms with van der Waals surface area (Å²) in [6, 6.07) is 8.51. The van der Waals surface area contributed by atoms with Gasteiger partial charge >= 0.3 is 0 Å². The Kier molecular flexibility index (Phi) is 2.21. The topological polar surface area (TPSA) is 35.6 Å². The first kappa shape index (κ1) is 10.1. The summed E-state index contributed by atoms with van der Waals surface area (Å²) in [5, 5.41) is 9.31. The van der Waals surface area contributed by atoms with Gasteiger partial charge in [-0.05, 0) is 24.6 Å². The molecule has 3 rings (SSSR count). The van der Waals surface area contributed by atoms with E-state index in [4.69, 9.17) is 0 Å². The lowest BCUT2D eigenvalue weighted by Gasteiger charge is -2.05. The highest BCUT2D eigenvalue weighted by molar-refractivity contribution is 5.83. The summed E-state index contributed by atoms with van der Waals surface area (Å²) in [4.78, 5) is 0. The van der Waals surface area contributed by atoms with Crippen molar-refractivity contribution >= 4 is 10.9 Å². The molecule has 0 aliphatic carbocycles. The van der Waals surface area contributed by atoms with Crippen LogP contribution >= 0.6 is 0 Å². The van der Waals surface area contributed by atoms with Crippen molar-refractivity contribution in [1.82, 2.24) is 19.3 Å². The first-order valence-corrected chi connectivity index (χ1v) is 5.63. The SMILES string of the molecule is Cc1cccc2c1ccn2Cc1nncn1C. The molecule has 86 valence electrons. The van der Waals surface area contributed by atoms with Crippen molar-refractivity contribution in [1.29, 1.82) is 0 Å². The van der Waals surface area contributed by atoms with Gasteiger partial charge in [-0.1, -0.05) is 12.1 Å². The summed E-state index contributed by atoms with van der Waals surface area (Å²) in [5.74, 6) is 0.962. The quantitative estimate of drug-likeness (QED) is 0.671. The second-order valence-corrected chi connectivity index (χ2v) is 4.31. The van der Waals surface area contributed by atoms with Crippen molar-refractivity contribution in [3.8, 4) is 0 Å². The fraction of sp³-hybridized carbons (Fsp3) is 0.231. The van der Waals surface area contributed by atoms with Crippen molar-refractivity contribution in [2.75, 3.05) is 0 Å². The van der Waals surface area contributed by atoms with Gasteiger partial charge in [0.05, 0.1) is 6.54 Å². The van der Waals surface area contributed by atoms with Gasteiger partial charge in [0.1, 0.15) is 6.33 Å². The van der Waals surface area contributed by atoms with Crippen LogP contribution < -0.4 is 0 Å². The van der Waals surface area contributed by atoms with E-state index in [1.165, 1.54) is 16.5 Å². The highest BCUT2D eigenvalue weighted by atomic mass is 15.3. The van der Waals surface area contributed by atoms with Crippen LogP contribution in [0.5, 0.6) is 0 Å². The van der Waals surface area contributed by atoms with E-state index < -0.39 is 0 Å². The van der Waals surface area contributed by atoms with Gasteiger partial charge in [0.2, 0.25) is 0 Å². The first-order chi connectivity index (χ1) is 8.25. The molecule has 4 heteroatoms. The van der Waals surface area contributed by atoms with Crippen LogP contribution in [0.25, 0.3) is 10.9 Å². The van der Waals surface area contributed by atoms with Crippen molar-refractivity contribution in [2.24, 2.45) is 7.05 Å². The number of hydrogen-bond donors (Lipinski definition) is 0. The van der Waals surface area contributed by atoms with Gasteiger partial charge in [0.15, 0.2) is 5.82 Å². The summed E-state index contributed by atoms with van der Waals surface area (Å²) >= 11 is 0. The zero-order valence-electron chi connectivity index (χ0n) is 9.96. The summed E-state index contributed by atoms with van der Waals surface area (Å²) in [6.07, 6.45) is 3.83. The Hall–Kier alpha value is -2.10. The normalized spacial score (nSPS) is 11.2. The predicted octanol–water partition coefficient (Wildman–Crippen LogP) is 2.13. The minimum atomic E-state index is 0.753. The van der Waals surface area contributed by atoms with Gasteiger partial charge < -0.3 is 9.13 Å². The molecule has 0 aliphatic rings. The van der Waals surface area contributed by atoms with Gasteiger partial charge in [-0.15, -0.1) is 10.2 Å². The molecule has 2 aromatic heterocycles. The van der Waals surface area contributed by atoms with Crippen molar-refractivity contribution < 1.29 is 0 Å². The van der Waals surface area contributed by atoms with Crippen LogP contribution in [-0.4, -0.2) is 19.3 Å². The van der Waals surface area contributed by atoms with Crippen LogP contribution in [0.2, 0.25) is 0 Å². The average molecular weight is 226 g/mol. The van der Waals surface area contributed by atoms with Gasteiger partial charge in [-0.25, -0.2) is 0 Å². The molecule has 3 aromatic rings. The molecule has 2 heterocycles. The van der Waals surface area contributed by atoms with E-state index >= 15 is 0 Å². The molecular weight excluding hydrogens is 212 g/mol. The Morgan fingerprint density at radius 1 is 1.24 bits per heavy atom. The van der Waals surface area contributed by atoms with Crippen molar-refractivity contribution in [2.45, 2.75) is 13.5 Å². The highest BCUT2D eigenvalue weighted by Gasteiger charge is 2.06. The maximum atomic E-state index is 4.11. The van der Waals surface area contributed by atoms with Crippen LogP contribution in [0.15, 0.2) is 36.8 Å². The molecule has 0 atom stereocenters. The lowest BCUT2D eigenvalue weighted by molar-refractivity contribution is 0.716. The molecule has 1 aromatic carbocycles. The van der Waals surface area contributed by atoms with Gasteiger partial charge in [-0.3, -0.25) is 0 Å². The van der Waals surface area contributed by atoms with E-state index in [2.05, 4.69) is 52.2 Å². The number of nitrogens with zero attached hydrogens (tertiary/aromatic N) is 4. The molecule has 0 bridgehead atoms. The second-order valence-electron chi connectivity index (χ2n) is 4.31. The van der Waals surface area contributed by atoms with Crippen molar-refractivity contribution in [3.05, 3.63) is 48.2 Å². The second kappa shape index (κ2) is 3.73. The van der Waals surface area contributed by atoms with E-state index in [-0.39, 0.29) is 0 Å². The number of aryl methyl sites for hydroxylation is 2. The molecule has 17 heavy (non-hydrogen) atoms. The Morgan fingerprint density at radius 2 is 2.12 bits per heavy atom.